The maximum absolute atomic E-state index is 12.9. The summed E-state index contributed by atoms with van der Waals surface area (Å²) in [5, 5.41) is 6.43. The zero-order valence-corrected chi connectivity index (χ0v) is 14.1. The first kappa shape index (κ1) is 15.7. The SMILES string of the molecule is COC1(C(=O)N2CCN(c3nc(C)cs3)CC2)CCNCC1. The van der Waals surface area contributed by atoms with Crippen LogP contribution in [0, 0.1) is 6.92 Å². The highest BCUT2D eigenvalue weighted by molar-refractivity contribution is 7.13. The van der Waals surface area contributed by atoms with E-state index in [0.717, 1.165) is 62.9 Å². The average molecular weight is 324 g/mol. The van der Waals surface area contributed by atoms with Crippen molar-refractivity contribution in [3.05, 3.63) is 11.1 Å². The number of amides is 1. The maximum atomic E-state index is 12.9. The first-order valence-corrected chi connectivity index (χ1v) is 8.75. The molecule has 2 aliphatic heterocycles. The predicted molar refractivity (Wildman–Crippen MR) is 87.5 cm³/mol. The Balaban J connectivity index is 1.61. The predicted octanol–water partition coefficient (Wildman–Crippen LogP) is 0.869. The monoisotopic (exact) mass is 324 g/mol. The first-order valence-electron chi connectivity index (χ1n) is 7.87. The smallest absolute Gasteiger partial charge is 0.255 e. The zero-order valence-electron chi connectivity index (χ0n) is 13.3. The Morgan fingerprint density at radius 3 is 2.55 bits per heavy atom. The lowest BCUT2D eigenvalue weighted by Gasteiger charge is -2.42. The van der Waals surface area contributed by atoms with Gasteiger partial charge in [0.05, 0.1) is 5.69 Å². The highest BCUT2D eigenvalue weighted by atomic mass is 32.1. The van der Waals surface area contributed by atoms with Gasteiger partial charge in [-0.3, -0.25) is 4.79 Å². The maximum Gasteiger partial charge on any atom is 0.255 e. The fourth-order valence-corrected chi connectivity index (χ4v) is 4.07. The van der Waals surface area contributed by atoms with E-state index >= 15 is 0 Å². The highest BCUT2D eigenvalue weighted by Crippen LogP contribution is 2.27. The second-order valence-corrected chi connectivity index (χ2v) is 6.84. The molecule has 3 rings (SSSR count). The van der Waals surface area contributed by atoms with Crippen molar-refractivity contribution in [1.82, 2.24) is 15.2 Å². The van der Waals surface area contributed by atoms with Crippen molar-refractivity contribution >= 4 is 22.4 Å². The van der Waals surface area contributed by atoms with Gasteiger partial charge in [-0.05, 0) is 32.9 Å². The Bertz CT molecular complexity index is 519. The number of piperidine rings is 1. The number of aryl methyl sites for hydroxylation is 1. The van der Waals surface area contributed by atoms with Crippen molar-refractivity contribution in [1.29, 1.82) is 0 Å². The lowest BCUT2D eigenvalue weighted by molar-refractivity contribution is -0.158. The summed E-state index contributed by atoms with van der Waals surface area (Å²) in [7, 11) is 1.66. The summed E-state index contributed by atoms with van der Waals surface area (Å²) in [5.74, 6) is 0.159. The summed E-state index contributed by atoms with van der Waals surface area (Å²) < 4.78 is 5.65. The normalized spacial score (nSPS) is 21.9. The number of anilines is 1. The lowest BCUT2D eigenvalue weighted by atomic mass is 9.90. The van der Waals surface area contributed by atoms with E-state index in [4.69, 9.17) is 4.74 Å². The van der Waals surface area contributed by atoms with Crippen LogP contribution in [0.25, 0.3) is 0 Å². The second-order valence-electron chi connectivity index (χ2n) is 6.00. The number of carbonyl (C=O) groups excluding carboxylic acids is 1. The van der Waals surface area contributed by atoms with Crippen LogP contribution in [-0.2, 0) is 9.53 Å². The lowest BCUT2D eigenvalue weighted by Crippen LogP contribution is -2.59. The van der Waals surface area contributed by atoms with Crippen LogP contribution in [0.15, 0.2) is 5.38 Å². The van der Waals surface area contributed by atoms with Crippen LogP contribution in [0.3, 0.4) is 0 Å². The quantitative estimate of drug-likeness (QED) is 0.894. The Morgan fingerprint density at radius 2 is 2.00 bits per heavy atom. The van der Waals surface area contributed by atoms with Gasteiger partial charge in [0.1, 0.15) is 5.60 Å². The molecule has 0 bridgehead atoms. The molecule has 2 saturated heterocycles. The zero-order chi connectivity index (χ0) is 15.6. The molecule has 2 fully saturated rings. The highest BCUT2D eigenvalue weighted by Gasteiger charge is 2.43. The summed E-state index contributed by atoms with van der Waals surface area (Å²) in [6, 6.07) is 0. The van der Waals surface area contributed by atoms with Crippen LogP contribution in [0.1, 0.15) is 18.5 Å². The van der Waals surface area contributed by atoms with Gasteiger partial charge in [-0.15, -0.1) is 11.3 Å². The van der Waals surface area contributed by atoms with Crippen LogP contribution < -0.4 is 10.2 Å². The molecule has 6 nitrogen and oxygen atoms in total. The van der Waals surface area contributed by atoms with Crippen molar-refractivity contribution in [3.8, 4) is 0 Å². The molecule has 0 spiro atoms. The number of ether oxygens (including phenoxy) is 1. The van der Waals surface area contributed by atoms with Crippen molar-refractivity contribution in [2.75, 3.05) is 51.3 Å². The third-order valence-electron chi connectivity index (χ3n) is 4.64. The van der Waals surface area contributed by atoms with Gasteiger partial charge < -0.3 is 19.9 Å². The summed E-state index contributed by atoms with van der Waals surface area (Å²) in [6.07, 6.45) is 1.52. The van der Waals surface area contributed by atoms with E-state index in [-0.39, 0.29) is 5.91 Å². The molecule has 1 amide bonds. The van der Waals surface area contributed by atoms with E-state index in [1.165, 1.54) is 0 Å². The molecule has 0 aromatic carbocycles. The van der Waals surface area contributed by atoms with Crippen LogP contribution in [-0.4, -0.2) is 67.8 Å². The largest absolute Gasteiger partial charge is 0.368 e. The van der Waals surface area contributed by atoms with Crippen molar-refractivity contribution in [2.24, 2.45) is 0 Å². The molecule has 1 aromatic rings. The van der Waals surface area contributed by atoms with Crippen LogP contribution >= 0.6 is 11.3 Å². The number of aromatic nitrogens is 1. The van der Waals surface area contributed by atoms with Crippen molar-refractivity contribution in [2.45, 2.75) is 25.4 Å². The Kier molecular flexibility index (Phi) is 4.65. The molecule has 122 valence electrons. The van der Waals surface area contributed by atoms with Gasteiger partial charge in [0.25, 0.3) is 5.91 Å². The number of carbonyl (C=O) groups is 1. The Hall–Kier alpha value is -1.18. The number of piperazine rings is 1. The number of thiazole rings is 1. The third kappa shape index (κ3) is 2.98. The van der Waals surface area contributed by atoms with Gasteiger partial charge >= 0.3 is 0 Å². The van der Waals surface area contributed by atoms with E-state index in [2.05, 4.69) is 20.6 Å². The summed E-state index contributed by atoms with van der Waals surface area (Å²) in [6.45, 7) is 6.88. The molecule has 2 aliphatic rings. The van der Waals surface area contributed by atoms with Crippen LogP contribution in [0.2, 0.25) is 0 Å². The number of nitrogens with one attached hydrogen (secondary N) is 1. The van der Waals surface area contributed by atoms with Gasteiger partial charge in [0, 0.05) is 38.7 Å². The summed E-state index contributed by atoms with van der Waals surface area (Å²) in [5.41, 5.74) is 0.442. The molecule has 0 aliphatic carbocycles. The van der Waals surface area contributed by atoms with Gasteiger partial charge in [-0.25, -0.2) is 4.98 Å². The number of methoxy groups -OCH3 is 1. The van der Waals surface area contributed by atoms with Crippen molar-refractivity contribution < 1.29 is 9.53 Å². The Morgan fingerprint density at radius 1 is 1.32 bits per heavy atom. The number of hydrogen-bond acceptors (Lipinski definition) is 6. The minimum absolute atomic E-state index is 0.159. The average Bonchev–Trinajstić information content (AvgIpc) is 3.01. The standard InChI is InChI=1S/C15H24N4O2S/c1-12-11-22-14(17-12)19-9-7-18(8-10-19)13(20)15(21-2)3-5-16-6-4-15/h11,16H,3-10H2,1-2H3. The molecule has 0 unspecified atom stereocenters. The number of hydrogen-bond donors (Lipinski definition) is 1. The fourth-order valence-electron chi connectivity index (χ4n) is 3.21. The molecule has 0 atom stereocenters. The van der Waals surface area contributed by atoms with Crippen LogP contribution in [0.4, 0.5) is 5.13 Å². The minimum atomic E-state index is -0.620. The minimum Gasteiger partial charge on any atom is -0.368 e. The van der Waals surface area contributed by atoms with E-state index < -0.39 is 5.60 Å². The molecular weight excluding hydrogens is 300 g/mol. The molecule has 0 saturated carbocycles. The molecule has 3 heterocycles. The summed E-state index contributed by atoms with van der Waals surface area (Å²) in [4.78, 5) is 21.7. The molecule has 22 heavy (non-hydrogen) atoms. The van der Waals surface area contributed by atoms with Crippen LogP contribution in [0.5, 0.6) is 0 Å². The molecule has 1 N–H and O–H groups in total. The summed E-state index contributed by atoms with van der Waals surface area (Å²) >= 11 is 1.68. The van der Waals surface area contributed by atoms with Gasteiger partial charge in [0.2, 0.25) is 0 Å². The topological polar surface area (TPSA) is 57.7 Å². The van der Waals surface area contributed by atoms with Crippen molar-refractivity contribution in [3.63, 3.8) is 0 Å². The molecular formula is C15H24N4O2S. The second kappa shape index (κ2) is 6.52. The van der Waals surface area contributed by atoms with Gasteiger partial charge in [-0.2, -0.15) is 0 Å². The molecule has 7 heteroatoms. The van der Waals surface area contributed by atoms with E-state index in [0.29, 0.717) is 0 Å². The number of nitrogens with zero attached hydrogens (tertiary/aromatic N) is 3. The van der Waals surface area contributed by atoms with E-state index in [1.54, 1.807) is 18.4 Å². The van der Waals surface area contributed by atoms with Gasteiger partial charge in [-0.1, -0.05) is 0 Å². The van der Waals surface area contributed by atoms with Gasteiger partial charge in [0.15, 0.2) is 5.13 Å². The third-order valence-corrected chi connectivity index (χ3v) is 5.66. The molecule has 1 aromatic heterocycles. The van der Waals surface area contributed by atoms with E-state index in [9.17, 15) is 4.79 Å². The molecule has 0 radical (unpaired) electrons. The van der Waals surface area contributed by atoms with E-state index in [1.807, 2.05) is 11.8 Å². The number of rotatable bonds is 3. The first-order chi connectivity index (χ1) is 10.6. The fraction of sp³-hybridized carbons (Fsp3) is 0.733. The Labute approximate surface area is 135 Å².